The van der Waals surface area contributed by atoms with Crippen molar-refractivity contribution in [3.8, 4) is 0 Å². The Morgan fingerprint density at radius 1 is 1.20 bits per heavy atom. The molecule has 2 unspecified atom stereocenters. The van der Waals surface area contributed by atoms with Gasteiger partial charge < -0.3 is 5.73 Å². The molecule has 1 aliphatic carbocycles. The van der Waals surface area contributed by atoms with Crippen LogP contribution in [0.1, 0.15) is 98.3 Å². The highest BCUT2D eigenvalue weighted by Gasteiger charge is 2.39. The number of hydrogen-bond acceptors (Lipinski definition) is 3. The van der Waals surface area contributed by atoms with E-state index in [9.17, 15) is 4.79 Å². The summed E-state index contributed by atoms with van der Waals surface area (Å²) in [6, 6.07) is -0.0530. The van der Waals surface area contributed by atoms with Gasteiger partial charge >= 0.3 is 0 Å². The van der Waals surface area contributed by atoms with E-state index in [1.165, 1.54) is 44.9 Å². The van der Waals surface area contributed by atoms with Crippen LogP contribution in [0.5, 0.6) is 0 Å². The summed E-state index contributed by atoms with van der Waals surface area (Å²) in [5.74, 6) is 1.39. The fraction of sp³-hybridized carbons (Fsp3) is 0.905. The second-order valence-corrected chi connectivity index (χ2v) is 8.97. The first-order valence-corrected chi connectivity index (χ1v) is 10.5. The lowest BCUT2D eigenvalue weighted by molar-refractivity contribution is -0.129. The molecule has 0 radical (unpaired) electrons. The van der Waals surface area contributed by atoms with Gasteiger partial charge in [-0.3, -0.25) is 9.69 Å². The summed E-state index contributed by atoms with van der Waals surface area (Å²) in [4.78, 5) is 19.3. The molecule has 4 nitrogen and oxygen atoms in total. The van der Waals surface area contributed by atoms with Gasteiger partial charge in [-0.25, -0.2) is 4.99 Å². The second-order valence-electron chi connectivity index (χ2n) is 8.97. The maximum atomic E-state index is 13.0. The summed E-state index contributed by atoms with van der Waals surface area (Å²) in [6.07, 6.45) is 13.0. The van der Waals surface area contributed by atoms with E-state index in [1.54, 1.807) is 0 Å². The van der Waals surface area contributed by atoms with Crippen molar-refractivity contribution >= 4 is 11.9 Å². The number of rotatable bonds is 9. The van der Waals surface area contributed by atoms with Crippen LogP contribution in [0.4, 0.5) is 0 Å². The molecule has 0 spiro atoms. The van der Waals surface area contributed by atoms with Crippen LogP contribution in [0.15, 0.2) is 4.99 Å². The topological polar surface area (TPSA) is 58.7 Å². The molecular formula is C21H39N3O. The molecule has 2 aliphatic rings. The van der Waals surface area contributed by atoms with Crippen LogP contribution in [0.2, 0.25) is 0 Å². The zero-order chi connectivity index (χ0) is 18.4. The molecule has 2 atom stereocenters. The minimum Gasteiger partial charge on any atom is -0.369 e. The quantitative estimate of drug-likeness (QED) is 0.645. The zero-order valence-corrected chi connectivity index (χ0v) is 16.9. The molecule has 144 valence electrons. The van der Waals surface area contributed by atoms with Crippen LogP contribution in [0.3, 0.4) is 0 Å². The number of nitrogens with two attached hydrogens (primary N) is 1. The van der Waals surface area contributed by atoms with Crippen LogP contribution in [0, 0.1) is 11.3 Å². The Bertz CT molecular complexity index is 466. The lowest BCUT2D eigenvalue weighted by atomic mass is 9.80. The Morgan fingerprint density at radius 3 is 2.48 bits per heavy atom. The van der Waals surface area contributed by atoms with Crippen LogP contribution < -0.4 is 5.73 Å². The molecule has 1 amide bonds. The minimum absolute atomic E-state index is 0.146. The molecule has 0 aromatic carbocycles. The molecule has 25 heavy (non-hydrogen) atoms. The van der Waals surface area contributed by atoms with Gasteiger partial charge in [0.2, 0.25) is 0 Å². The van der Waals surface area contributed by atoms with E-state index in [4.69, 9.17) is 5.73 Å². The van der Waals surface area contributed by atoms with Crippen molar-refractivity contribution in [2.24, 2.45) is 22.1 Å². The number of guanidine groups is 1. The van der Waals surface area contributed by atoms with Gasteiger partial charge in [0.25, 0.3) is 5.91 Å². The number of nitrogens with zero attached hydrogens (tertiary/aromatic N) is 2. The van der Waals surface area contributed by atoms with E-state index >= 15 is 0 Å². The Balaban J connectivity index is 1.94. The molecule has 4 heteroatoms. The second kappa shape index (κ2) is 9.05. The Kier molecular flexibility index (Phi) is 7.33. The van der Waals surface area contributed by atoms with Crippen LogP contribution in [0.25, 0.3) is 0 Å². The minimum atomic E-state index is -0.231. The van der Waals surface area contributed by atoms with E-state index in [0.29, 0.717) is 5.96 Å². The summed E-state index contributed by atoms with van der Waals surface area (Å²) in [6.45, 7) is 8.98. The van der Waals surface area contributed by atoms with Crippen LogP contribution in [-0.4, -0.2) is 28.9 Å². The van der Waals surface area contributed by atoms with Crippen molar-refractivity contribution in [2.75, 3.05) is 0 Å². The predicted octanol–water partition coefficient (Wildman–Crippen LogP) is 4.87. The summed E-state index contributed by atoms with van der Waals surface area (Å²) in [5, 5.41) is 0. The highest BCUT2D eigenvalue weighted by atomic mass is 16.2. The maximum absolute atomic E-state index is 13.0. The SMILES string of the molecule is CCCC(C)(C)CC(CC)N1C(=O)C(CCC2CCCCC2)N=C1N. The van der Waals surface area contributed by atoms with E-state index in [2.05, 4.69) is 32.7 Å². The molecule has 1 aliphatic heterocycles. The zero-order valence-electron chi connectivity index (χ0n) is 16.9. The Morgan fingerprint density at radius 2 is 1.88 bits per heavy atom. The summed E-state index contributed by atoms with van der Waals surface area (Å²) >= 11 is 0. The molecule has 1 fully saturated rings. The summed E-state index contributed by atoms with van der Waals surface area (Å²) < 4.78 is 0. The van der Waals surface area contributed by atoms with Crippen molar-refractivity contribution in [3.05, 3.63) is 0 Å². The van der Waals surface area contributed by atoms with Gasteiger partial charge in [0, 0.05) is 6.04 Å². The third-order valence-corrected chi connectivity index (χ3v) is 6.18. The van der Waals surface area contributed by atoms with Crippen molar-refractivity contribution in [2.45, 2.75) is 110 Å². The van der Waals surface area contributed by atoms with E-state index in [-0.39, 0.29) is 23.4 Å². The van der Waals surface area contributed by atoms with Gasteiger partial charge in [0.1, 0.15) is 6.04 Å². The lowest BCUT2D eigenvalue weighted by Crippen LogP contribution is -2.47. The normalized spacial score (nSPS) is 23.8. The number of carbonyl (C=O) groups excluding carboxylic acids is 1. The Hall–Kier alpha value is -1.06. The number of amides is 1. The third kappa shape index (κ3) is 5.46. The number of carbonyl (C=O) groups is 1. The molecule has 1 heterocycles. The maximum Gasteiger partial charge on any atom is 0.254 e. The van der Waals surface area contributed by atoms with Crippen molar-refractivity contribution < 1.29 is 4.79 Å². The Labute approximate surface area is 154 Å². The van der Waals surface area contributed by atoms with Crippen molar-refractivity contribution in [1.29, 1.82) is 0 Å². The van der Waals surface area contributed by atoms with Crippen LogP contribution in [-0.2, 0) is 4.79 Å². The van der Waals surface area contributed by atoms with E-state index in [0.717, 1.165) is 31.6 Å². The van der Waals surface area contributed by atoms with Gasteiger partial charge in [-0.05, 0) is 43.4 Å². The average molecular weight is 350 g/mol. The van der Waals surface area contributed by atoms with E-state index in [1.807, 2.05) is 4.90 Å². The fourth-order valence-electron chi connectivity index (χ4n) is 4.81. The first-order chi connectivity index (χ1) is 11.9. The molecule has 2 N–H and O–H groups in total. The highest BCUT2D eigenvalue weighted by Crippen LogP contribution is 2.33. The van der Waals surface area contributed by atoms with Crippen molar-refractivity contribution in [3.63, 3.8) is 0 Å². The molecule has 0 aromatic rings. The predicted molar refractivity (Wildman–Crippen MR) is 105 cm³/mol. The molecule has 0 aromatic heterocycles. The largest absolute Gasteiger partial charge is 0.369 e. The van der Waals surface area contributed by atoms with Crippen LogP contribution >= 0.6 is 0 Å². The molecular weight excluding hydrogens is 310 g/mol. The monoisotopic (exact) mass is 349 g/mol. The molecule has 2 rings (SSSR count). The fourth-order valence-corrected chi connectivity index (χ4v) is 4.81. The number of aliphatic imine (C=N–C) groups is 1. The number of hydrogen-bond donors (Lipinski definition) is 1. The molecule has 1 saturated carbocycles. The van der Waals surface area contributed by atoms with Gasteiger partial charge in [0.15, 0.2) is 5.96 Å². The summed E-state index contributed by atoms with van der Waals surface area (Å²) in [7, 11) is 0. The average Bonchev–Trinajstić information content (AvgIpc) is 2.86. The van der Waals surface area contributed by atoms with Crippen molar-refractivity contribution in [1.82, 2.24) is 4.90 Å². The van der Waals surface area contributed by atoms with E-state index < -0.39 is 0 Å². The van der Waals surface area contributed by atoms with Gasteiger partial charge in [0.05, 0.1) is 0 Å². The molecule has 0 bridgehead atoms. The molecule has 0 saturated heterocycles. The van der Waals surface area contributed by atoms with Gasteiger partial charge in [-0.15, -0.1) is 0 Å². The first kappa shape index (κ1) is 20.3. The van der Waals surface area contributed by atoms with Gasteiger partial charge in [-0.2, -0.15) is 0 Å². The summed E-state index contributed by atoms with van der Waals surface area (Å²) in [5.41, 5.74) is 6.43. The highest BCUT2D eigenvalue weighted by molar-refractivity contribution is 6.04. The lowest BCUT2D eigenvalue weighted by Gasteiger charge is -2.34. The smallest absolute Gasteiger partial charge is 0.254 e. The van der Waals surface area contributed by atoms with Gasteiger partial charge in [-0.1, -0.05) is 66.2 Å². The standard InChI is InChI=1S/C21H39N3O/c1-5-14-21(3,4)15-17(6-2)24-19(25)18(23-20(24)22)13-12-16-10-8-7-9-11-16/h16-18H,5-15H2,1-4H3,(H2,22,23). The first-order valence-electron chi connectivity index (χ1n) is 10.5. The third-order valence-electron chi connectivity index (χ3n) is 6.18.